The molecule has 1 atom stereocenters. The smallest absolute Gasteiger partial charge is 0.120 e. The van der Waals surface area contributed by atoms with Crippen molar-refractivity contribution in [2.45, 2.75) is 6.10 Å². The summed E-state index contributed by atoms with van der Waals surface area (Å²) in [4.78, 5) is 3.40. The molecule has 0 amide bonds. The van der Waals surface area contributed by atoms with E-state index in [2.05, 4.69) is 35.3 Å². The van der Waals surface area contributed by atoms with Gasteiger partial charge in [-0.15, -0.1) is 0 Å². The van der Waals surface area contributed by atoms with Crippen molar-refractivity contribution < 1.29 is 29.9 Å². The maximum atomic E-state index is 5.72. The molecule has 3 nitrogen and oxygen atoms in total. The maximum Gasteiger partial charge on any atom is 0.120 e. The van der Waals surface area contributed by atoms with E-state index in [4.69, 9.17) is 9.47 Å². The Morgan fingerprint density at radius 3 is 2.74 bits per heavy atom. The molecule has 0 aliphatic carbocycles. The molecule has 0 spiro atoms. The zero-order valence-electron chi connectivity index (χ0n) is 10.2. The minimum Gasteiger partial charge on any atom is -0.491 e. The minimum atomic E-state index is 0. The molecule has 2 heterocycles. The fraction of sp³-hybridized carbons (Fsp3) is 0.200. The van der Waals surface area contributed by atoms with Crippen LogP contribution in [0, 0.1) is 0 Å². The zero-order chi connectivity index (χ0) is 11.9. The third-order valence-electron chi connectivity index (χ3n) is 3.32. The Morgan fingerprint density at radius 1 is 1.11 bits per heavy atom. The van der Waals surface area contributed by atoms with Gasteiger partial charge in [-0.1, -0.05) is 18.2 Å². The number of epoxide rings is 1. The van der Waals surface area contributed by atoms with Crippen molar-refractivity contribution in [3.63, 3.8) is 0 Å². The van der Waals surface area contributed by atoms with Gasteiger partial charge in [-0.3, -0.25) is 0 Å². The fourth-order valence-corrected chi connectivity index (χ4v) is 2.27. The van der Waals surface area contributed by atoms with Gasteiger partial charge in [0.15, 0.2) is 0 Å². The van der Waals surface area contributed by atoms with Crippen LogP contribution in [0.1, 0.15) is 0 Å². The Hall–Kier alpha value is -1.34. The molecular formula is C15H13NO2Pd. The standard InChI is InChI=1S/C15H13NO2.Pd/c1-2-4-14-12(3-1)13-7-10(5-6-15(13)16-14)17-8-11-9-18-11;/h1-7,11,16H,8-9H2;. The first-order chi connectivity index (χ1) is 8.90. The largest absolute Gasteiger partial charge is 0.491 e. The average Bonchev–Trinajstić information content (AvgIpc) is 3.16. The monoisotopic (exact) mass is 345 g/mol. The van der Waals surface area contributed by atoms with E-state index in [0.717, 1.165) is 23.4 Å². The normalized spacial score (nSPS) is 17.4. The van der Waals surface area contributed by atoms with Gasteiger partial charge in [0.25, 0.3) is 0 Å². The molecule has 3 aromatic rings. The molecule has 0 radical (unpaired) electrons. The van der Waals surface area contributed by atoms with Gasteiger partial charge in [-0.05, 0) is 24.3 Å². The van der Waals surface area contributed by atoms with Crippen molar-refractivity contribution >= 4 is 21.8 Å². The number of hydrogen-bond donors (Lipinski definition) is 1. The summed E-state index contributed by atoms with van der Waals surface area (Å²) < 4.78 is 10.9. The Labute approximate surface area is 124 Å². The van der Waals surface area contributed by atoms with Gasteiger partial charge in [-0.2, -0.15) is 0 Å². The van der Waals surface area contributed by atoms with Crippen molar-refractivity contribution in [3.8, 4) is 5.75 Å². The number of rotatable bonds is 3. The van der Waals surface area contributed by atoms with E-state index in [1.165, 1.54) is 10.8 Å². The van der Waals surface area contributed by atoms with Crippen LogP contribution >= 0.6 is 0 Å². The Morgan fingerprint density at radius 2 is 1.89 bits per heavy atom. The number of aromatic amines is 1. The summed E-state index contributed by atoms with van der Waals surface area (Å²) in [6.45, 7) is 1.48. The Bertz CT molecular complexity index is 718. The second kappa shape index (κ2) is 4.98. The van der Waals surface area contributed by atoms with Crippen molar-refractivity contribution in [1.82, 2.24) is 4.98 Å². The van der Waals surface area contributed by atoms with E-state index in [1.807, 2.05) is 12.1 Å². The number of benzene rings is 2. The number of H-pyrrole nitrogens is 1. The average molecular weight is 346 g/mol. The summed E-state index contributed by atoms with van der Waals surface area (Å²) in [5.74, 6) is 0.905. The number of hydrogen-bond acceptors (Lipinski definition) is 2. The first kappa shape index (κ1) is 12.7. The fourth-order valence-electron chi connectivity index (χ4n) is 2.27. The number of nitrogens with one attached hydrogen (secondary N) is 1. The molecule has 0 bridgehead atoms. The minimum absolute atomic E-state index is 0. The Balaban J connectivity index is 0.00000110. The molecule has 4 heteroatoms. The molecule has 1 N–H and O–H groups in total. The van der Waals surface area contributed by atoms with E-state index >= 15 is 0 Å². The zero-order valence-corrected chi connectivity index (χ0v) is 11.7. The number of para-hydroxylation sites is 1. The van der Waals surface area contributed by atoms with E-state index in [9.17, 15) is 0 Å². The molecule has 100 valence electrons. The van der Waals surface area contributed by atoms with Crippen molar-refractivity contribution in [3.05, 3.63) is 42.5 Å². The molecule has 1 aliphatic rings. The Kier molecular flexibility index (Phi) is 3.32. The molecule has 1 fully saturated rings. The van der Waals surface area contributed by atoms with E-state index < -0.39 is 0 Å². The van der Waals surface area contributed by atoms with Crippen LogP contribution in [0.4, 0.5) is 0 Å². The maximum absolute atomic E-state index is 5.72. The van der Waals surface area contributed by atoms with Crippen LogP contribution in [0.2, 0.25) is 0 Å². The topological polar surface area (TPSA) is 37.5 Å². The number of fused-ring (bicyclic) bond motifs is 3. The summed E-state index contributed by atoms with van der Waals surface area (Å²) in [6, 6.07) is 14.5. The predicted molar refractivity (Wildman–Crippen MR) is 71.0 cm³/mol. The van der Waals surface area contributed by atoms with Crippen LogP contribution in [0.15, 0.2) is 42.5 Å². The van der Waals surface area contributed by atoms with Gasteiger partial charge in [0, 0.05) is 42.2 Å². The first-order valence-corrected chi connectivity index (χ1v) is 6.15. The molecule has 1 saturated heterocycles. The van der Waals surface area contributed by atoms with Gasteiger partial charge in [0.05, 0.1) is 6.61 Å². The van der Waals surface area contributed by atoms with Gasteiger partial charge in [-0.25, -0.2) is 0 Å². The molecular weight excluding hydrogens is 333 g/mol. The number of aromatic nitrogens is 1. The molecule has 1 unspecified atom stereocenters. The predicted octanol–water partition coefficient (Wildman–Crippen LogP) is 3.10. The van der Waals surface area contributed by atoms with Crippen molar-refractivity contribution in [1.29, 1.82) is 0 Å². The van der Waals surface area contributed by atoms with Gasteiger partial charge in [0.2, 0.25) is 0 Å². The second-order valence-corrected chi connectivity index (χ2v) is 4.64. The van der Waals surface area contributed by atoms with Crippen molar-refractivity contribution in [2.75, 3.05) is 13.2 Å². The SMILES string of the molecule is [Pd].c1ccc2c(c1)[nH]c1ccc(OCC3CO3)cc12. The van der Waals surface area contributed by atoms with Crippen molar-refractivity contribution in [2.24, 2.45) is 0 Å². The summed E-state index contributed by atoms with van der Waals surface area (Å²) in [5.41, 5.74) is 2.31. The van der Waals surface area contributed by atoms with Gasteiger partial charge < -0.3 is 14.5 Å². The van der Waals surface area contributed by atoms with E-state index in [1.54, 1.807) is 0 Å². The molecule has 4 rings (SSSR count). The third kappa shape index (κ3) is 2.40. The van der Waals surface area contributed by atoms with E-state index in [-0.39, 0.29) is 20.4 Å². The van der Waals surface area contributed by atoms with Crippen LogP contribution in [-0.2, 0) is 25.2 Å². The van der Waals surface area contributed by atoms with Gasteiger partial charge >= 0.3 is 0 Å². The molecule has 1 aromatic heterocycles. The third-order valence-corrected chi connectivity index (χ3v) is 3.32. The van der Waals surface area contributed by atoms with Gasteiger partial charge in [0.1, 0.15) is 18.5 Å². The molecule has 2 aromatic carbocycles. The quantitative estimate of drug-likeness (QED) is 0.585. The van der Waals surface area contributed by atoms with Crippen LogP contribution < -0.4 is 4.74 Å². The summed E-state index contributed by atoms with van der Waals surface area (Å²) in [7, 11) is 0. The number of ether oxygens (including phenoxy) is 2. The summed E-state index contributed by atoms with van der Waals surface area (Å²) >= 11 is 0. The molecule has 1 aliphatic heterocycles. The van der Waals surface area contributed by atoms with Crippen LogP contribution in [-0.4, -0.2) is 24.3 Å². The summed E-state index contributed by atoms with van der Waals surface area (Å²) in [6.07, 6.45) is 0.295. The first-order valence-electron chi connectivity index (χ1n) is 6.15. The summed E-state index contributed by atoms with van der Waals surface area (Å²) in [5, 5.41) is 2.44. The van der Waals surface area contributed by atoms with E-state index in [0.29, 0.717) is 12.7 Å². The van der Waals surface area contributed by atoms with Crippen LogP contribution in [0.25, 0.3) is 21.8 Å². The molecule has 19 heavy (non-hydrogen) atoms. The van der Waals surface area contributed by atoms with Crippen LogP contribution in [0.5, 0.6) is 5.75 Å². The molecule has 0 saturated carbocycles. The second-order valence-electron chi connectivity index (χ2n) is 4.64. The van der Waals surface area contributed by atoms with Crippen LogP contribution in [0.3, 0.4) is 0 Å².